The molecule has 2 aromatic rings. The summed E-state index contributed by atoms with van der Waals surface area (Å²) in [5, 5.41) is 3.00. The second-order valence-corrected chi connectivity index (χ2v) is 6.77. The van der Waals surface area contributed by atoms with Crippen LogP contribution in [0.4, 0.5) is 5.69 Å². The van der Waals surface area contributed by atoms with Crippen molar-refractivity contribution >= 4 is 23.4 Å². The zero-order chi connectivity index (χ0) is 16.1. The molecule has 2 rings (SSSR count). The fraction of sp³-hybridized carbons (Fsp3) is 0.316. The van der Waals surface area contributed by atoms with Crippen molar-refractivity contribution in [2.75, 3.05) is 11.1 Å². The van der Waals surface area contributed by atoms with Crippen LogP contribution in [-0.2, 0) is 10.5 Å². The van der Waals surface area contributed by atoms with E-state index >= 15 is 0 Å². The largest absolute Gasteiger partial charge is 0.325 e. The fourth-order valence-electron chi connectivity index (χ4n) is 2.49. The number of carbonyl (C=O) groups excluding carboxylic acids is 1. The van der Waals surface area contributed by atoms with E-state index in [1.54, 1.807) is 11.8 Å². The van der Waals surface area contributed by atoms with Gasteiger partial charge in [0.2, 0.25) is 5.91 Å². The van der Waals surface area contributed by atoms with Gasteiger partial charge in [0.05, 0.1) is 5.75 Å². The quantitative estimate of drug-likeness (QED) is 0.859. The molecule has 1 N–H and O–H groups in total. The molecule has 1 amide bonds. The van der Waals surface area contributed by atoms with Crippen LogP contribution < -0.4 is 5.32 Å². The van der Waals surface area contributed by atoms with E-state index in [4.69, 9.17) is 0 Å². The number of nitrogens with one attached hydrogen (secondary N) is 1. The summed E-state index contributed by atoms with van der Waals surface area (Å²) in [4.78, 5) is 12.1. The average molecular weight is 313 g/mol. The zero-order valence-corrected chi connectivity index (χ0v) is 14.5. The molecule has 3 heteroatoms. The van der Waals surface area contributed by atoms with Crippen molar-refractivity contribution in [3.05, 3.63) is 64.2 Å². The lowest BCUT2D eigenvalue weighted by molar-refractivity contribution is -0.113. The fourth-order valence-corrected chi connectivity index (χ4v) is 3.25. The summed E-state index contributed by atoms with van der Waals surface area (Å²) in [6.07, 6.45) is 0. The molecule has 0 aliphatic rings. The van der Waals surface area contributed by atoms with Gasteiger partial charge in [-0.25, -0.2) is 0 Å². The van der Waals surface area contributed by atoms with E-state index in [0.717, 1.165) is 17.0 Å². The summed E-state index contributed by atoms with van der Waals surface area (Å²) in [6, 6.07) is 12.5. The molecule has 0 spiro atoms. The van der Waals surface area contributed by atoms with Gasteiger partial charge < -0.3 is 5.32 Å². The minimum Gasteiger partial charge on any atom is -0.325 e. The van der Waals surface area contributed by atoms with Crippen molar-refractivity contribution in [3.8, 4) is 0 Å². The number of carbonyl (C=O) groups is 1. The Hall–Kier alpha value is -1.74. The van der Waals surface area contributed by atoms with Gasteiger partial charge in [0.15, 0.2) is 0 Å². The Labute approximate surface area is 137 Å². The minimum atomic E-state index is 0.0584. The first-order valence-electron chi connectivity index (χ1n) is 7.46. The van der Waals surface area contributed by atoms with Gasteiger partial charge in [-0.2, -0.15) is 0 Å². The number of amides is 1. The highest BCUT2D eigenvalue weighted by Gasteiger charge is 2.06. The number of hydrogen-bond donors (Lipinski definition) is 1. The Morgan fingerprint density at radius 2 is 1.73 bits per heavy atom. The van der Waals surface area contributed by atoms with Crippen molar-refractivity contribution in [2.45, 2.75) is 33.4 Å². The summed E-state index contributed by atoms with van der Waals surface area (Å²) < 4.78 is 0. The molecule has 0 aliphatic heterocycles. The Morgan fingerprint density at radius 1 is 1.05 bits per heavy atom. The molecule has 0 aliphatic carbocycles. The molecule has 0 heterocycles. The van der Waals surface area contributed by atoms with Crippen LogP contribution in [0.3, 0.4) is 0 Å². The topological polar surface area (TPSA) is 29.1 Å². The molecule has 0 atom stereocenters. The van der Waals surface area contributed by atoms with Crippen molar-refractivity contribution in [3.63, 3.8) is 0 Å². The lowest BCUT2D eigenvalue weighted by Gasteiger charge is -2.10. The van der Waals surface area contributed by atoms with E-state index < -0.39 is 0 Å². The van der Waals surface area contributed by atoms with Gasteiger partial charge in [0.25, 0.3) is 0 Å². The number of anilines is 1. The maximum atomic E-state index is 12.1. The molecule has 2 aromatic carbocycles. The van der Waals surface area contributed by atoms with Crippen LogP contribution in [0.25, 0.3) is 0 Å². The molecule has 0 saturated heterocycles. The molecule has 0 bridgehead atoms. The number of benzene rings is 2. The second kappa shape index (κ2) is 7.50. The Morgan fingerprint density at radius 3 is 2.41 bits per heavy atom. The van der Waals surface area contributed by atoms with Crippen LogP contribution in [0.15, 0.2) is 36.4 Å². The Balaban J connectivity index is 1.86. The van der Waals surface area contributed by atoms with E-state index in [1.807, 2.05) is 19.1 Å². The lowest BCUT2D eigenvalue weighted by atomic mass is 10.1. The lowest BCUT2D eigenvalue weighted by Crippen LogP contribution is -2.15. The first-order chi connectivity index (χ1) is 10.5. The standard InChI is InChI=1S/C19H23NOS/c1-13-8-14(2)10-17(9-13)11-22-12-19(21)20-18-7-5-6-15(3)16(18)4/h5-10H,11-12H2,1-4H3,(H,20,21). The first-order valence-corrected chi connectivity index (χ1v) is 8.62. The third-order valence-corrected chi connectivity index (χ3v) is 4.67. The molecule has 22 heavy (non-hydrogen) atoms. The summed E-state index contributed by atoms with van der Waals surface area (Å²) in [5.74, 6) is 1.39. The van der Waals surface area contributed by atoms with E-state index in [0.29, 0.717) is 5.75 Å². The number of hydrogen-bond acceptors (Lipinski definition) is 2. The minimum absolute atomic E-state index is 0.0584. The van der Waals surface area contributed by atoms with Crippen molar-refractivity contribution in [1.29, 1.82) is 0 Å². The smallest absolute Gasteiger partial charge is 0.234 e. The number of rotatable bonds is 5. The molecule has 116 valence electrons. The highest BCUT2D eigenvalue weighted by molar-refractivity contribution is 7.99. The summed E-state index contributed by atoms with van der Waals surface area (Å²) >= 11 is 1.65. The van der Waals surface area contributed by atoms with Crippen LogP contribution in [0.1, 0.15) is 27.8 Å². The van der Waals surface area contributed by atoms with Gasteiger partial charge in [-0.05, 0) is 50.5 Å². The van der Waals surface area contributed by atoms with Crippen molar-refractivity contribution in [1.82, 2.24) is 0 Å². The third-order valence-electron chi connectivity index (χ3n) is 3.66. The monoisotopic (exact) mass is 313 g/mol. The van der Waals surface area contributed by atoms with E-state index in [-0.39, 0.29) is 5.91 Å². The number of aryl methyl sites for hydroxylation is 3. The predicted molar refractivity (Wildman–Crippen MR) is 96.6 cm³/mol. The van der Waals surface area contributed by atoms with Crippen LogP contribution in [0.5, 0.6) is 0 Å². The maximum Gasteiger partial charge on any atom is 0.234 e. The van der Waals surface area contributed by atoms with Gasteiger partial charge in [0.1, 0.15) is 0 Å². The van der Waals surface area contributed by atoms with Crippen LogP contribution in [-0.4, -0.2) is 11.7 Å². The van der Waals surface area contributed by atoms with Gasteiger partial charge in [-0.3, -0.25) is 4.79 Å². The Bertz CT molecular complexity index is 659. The van der Waals surface area contributed by atoms with Crippen LogP contribution >= 0.6 is 11.8 Å². The summed E-state index contributed by atoms with van der Waals surface area (Å²) in [6.45, 7) is 8.30. The number of thioether (sulfide) groups is 1. The molecule has 0 radical (unpaired) electrons. The predicted octanol–water partition coefficient (Wildman–Crippen LogP) is 4.79. The molecular formula is C19H23NOS. The SMILES string of the molecule is Cc1cc(C)cc(CSCC(=O)Nc2cccc(C)c2C)c1. The van der Waals surface area contributed by atoms with Crippen LogP contribution in [0.2, 0.25) is 0 Å². The van der Waals surface area contributed by atoms with Gasteiger partial charge in [0, 0.05) is 11.4 Å². The highest BCUT2D eigenvalue weighted by atomic mass is 32.2. The summed E-state index contributed by atoms with van der Waals surface area (Å²) in [7, 11) is 0. The van der Waals surface area contributed by atoms with Gasteiger partial charge in [-0.1, -0.05) is 41.5 Å². The van der Waals surface area contributed by atoms with Gasteiger partial charge >= 0.3 is 0 Å². The molecule has 0 saturated carbocycles. The molecule has 0 aromatic heterocycles. The van der Waals surface area contributed by atoms with E-state index in [1.165, 1.54) is 22.3 Å². The van der Waals surface area contributed by atoms with Crippen LogP contribution in [0, 0.1) is 27.7 Å². The zero-order valence-electron chi connectivity index (χ0n) is 13.7. The maximum absolute atomic E-state index is 12.1. The summed E-state index contributed by atoms with van der Waals surface area (Å²) in [5.41, 5.74) is 7.07. The molecule has 0 fully saturated rings. The van der Waals surface area contributed by atoms with Gasteiger partial charge in [-0.15, -0.1) is 11.8 Å². The van der Waals surface area contributed by atoms with Crippen molar-refractivity contribution in [2.24, 2.45) is 0 Å². The molecular weight excluding hydrogens is 290 g/mol. The highest BCUT2D eigenvalue weighted by Crippen LogP contribution is 2.19. The normalized spacial score (nSPS) is 10.5. The van der Waals surface area contributed by atoms with E-state index in [9.17, 15) is 4.79 Å². The second-order valence-electron chi connectivity index (χ2n) is 5.78. The molecule has 0 unspecified atom stereocenters. The van der Waals surface area contributed by atoms with E-state index in [2.05, 4.69) is 50.4 Å². The van der Waals surface area contributed by atoms with Crippen molar-refractivity contribution < 1.29 is 4.79 Å². The average Bonchev–Trinajstić information content (AvgIpc) is 2.43. The molecule has 2 nitrogen and oxygen atoms in total. The first kappa shape index (κ1) is 16.6. The third kappa shape index (κ3) is 4.63. The Kier molecular flexibility index (Phi) is 5.67.